The van der Waals surface area contributed by atoms with E-state index in [1.54, 1.807) is 20.8 Å². The van der Waals surface area contributed by atoms with Gasteiger partial charge >= 0.3 is 12.1 Å². The molecule has 1 aliphatic heterocycles. The van der Waals surface area contributed by atoms with Crippen molar-refractivity contribution < 1.29 is 31.7 Å². The van der Waals surface area contributed by atoms with Crippen LogP contribution in [0.5, 0.6) is 0 Å². The van der Waals surface area contributed by atoms with Crippen molar-refractivity contribution in [3.05, 3.63) is 0 Å². The Bertz CT molecular complexity index is 624. The molecule has 0 unspecified atom stereocenters. The Kier molecular flexibility index (Phi) is 4.89. The Labute approximate surface area is 142 Å². The molecule has 2 rings (SSSR count). The summed E-state index contributed by atoms with van der Waals surface area (Å²) in [5.74, 6) is -1.11. The molecular weight excluding hydrogens is 338 g/mol. The molecule has 1 heterocycles. The fourth-order valence-corrected chi connectivity index (χ4v) is 4.01. The van der Waals surface area contributed by atoms with Gasteiger partial charge in [0.05, 0.1) is 31.4 Å². The van der Waals surface area contributed by atoms with Gasteiger partial charge in [0.2, 0.25) is 0 Å². The highest BCUT2D eigenvalue weighted by Gasteiger charge is 2.67. The van der Waals surface area contributed by atoms with Crippen LogP contribution in [0.25, 0.3) is 0 Å². The summed E-state index contributed by atoms with van der Waals surface area (Å²) < 4.78 is 38.1. The number of amides is 1. The van der Waals surface area contributed by atoms with Gasteiger partial charge in [-0.15, -0.1) is 0 Å². The van der Waals surface area contributed by atoms with Gasteiger partial charge in [-0.05, 0) is 39.5 Å². The highest BCUT2D eigenvalue weighted by molar-refractivity contribution is 7.85. The first-order valence-corrected chi connectivity index (χ1v) is 9.65. The number of nitrogens with zero attached hydrogens (tertiary/aromatic N) is 1. The minimum atomic E-state index is -3.71. The lowest BCUT2D eigenvalue weighted by Gasteiger charge is -2.53. The molecule has 24 heavy (non-hydrogen) atoms. The normalized spacial score (nSPS) is 29.6. The van der Waals surface area contributed by atoms with Crippen molar-refractivity contribution in [1.82, 2.24) is 4.90 Å². The predicted molar refractivity (Wildman–Crippen MR) is 84.7 cm³/mol. The Morgan fingerprint density at radius 3 is 2.42 bits per heavy atom. The molecule has 1 amide bonds. The van der Waals surface area contributed by atoms with Gasteiger partial charge in [-0.1, -0.05) is 0 Å². The monoisotopic (exact) mass is 363 g/mol. The van der Waals surface area contributed by atoms with Crippen LogP contribution in [0.2, 0.25) is 0 Å². The third kappa shape index (κ3) is 3.51. The van der Waals surface area contributed by atoms with Crippen molar-refractivity contribution in [2.24, 2.45) is 11.8 Å². The van der Waals surface area contributed by atoms with Gasteiger partial charge < -0.3 is 9.47 Å². The third-order valence-electron chi connectivity index (χ3n) is 4.64. The van der Waals surface area contributed by atoms with Crippen LogP contribution in [0.15, 0.2) is 0 Å². The molecular formula is C15H25NO7S. The van der Waals surface area contributed by atoms with E-state index >= 15 is 0 Å². The molecule has 0 aromatic rings. The lowest BCUT2D eigenvalue weighted by Crippen LogP contribution is -2.68. The Morgan fingerprint density at radius 1 is 1.29 bits per heavy atom. The summed E-state index contributed by atoms with van der Waals surface area (Å²) in [6, 6.07) is 0. The second-order valence-corrected chi connectivity index (χ2v) is 9.03. The van der Waals surface area contributed by atoms with Crippen LogP contribution in [-0.2, 0) is 28.6 Å². The number of hydrogen-bond acceptors (Lipinski definition) is 7. The molecule has 0 aromatic carbocycles. The smallest absolute Gasteiger partial charge is 0.410 e. The lowest BCUT2D eigenvalue weighted by atomic mass is 9.59. The van der Waals surface area contributed by atoms with Crippen molar-refractivity contribution in [2.45, 2.75) is 44.8 Å². The number of esters is 1. The van der Waals surface area contributed by atoms with Gasteiger partial charge in [0.25, 0.3) is 10.1 Å². The zero-order chi connectivity index (χ0) is 18.3. The van der Waals surface area contributed by atoms with Gasteiger partial charge in [0, 0.05) is 6.54 Å². The number of fused-ring (bicyclic) bond motifs is 1. The van der Waals surface area contributed by atoms with E-state index in [1.165, 1.54) is 12.0 Å². The number of methoxy groups -OCH3 is 1. The van der Waals surface area contributed by atoms with Crippen molar-refractivity contribution in [2.75, 3.05) is 26.5 Å². The van der Waals surface area contributed by atoms with E-state index in [4.69, 9.17) is 13.7 Å². The average molecular weight is 363 g/mol. The van der Waals surface area contributed by atoms with Gasteiger partial charge in [-0.2, -0.15) is 8.42 Å². The number of rotatable bonds is 4. The van der Waals surface area contributed by atoms with E-state index in [2.05, 4.69) is 0 Å². The molecule has 0 spiro atoms. The molecule has 1 saturated heterocycles. The van der Waals surface area contributed by atoms with E-state index < -0.39 is 39.2 Å². The molecule has 9 heteroatoms. The molecule has 2 aliphatic rings. The maximum absolute atomic E-state index is 12.6. The molecule has 0 bridgehead atoms. The highest BCUT2D eigenvalue weighted by Crippen LogP contribution is 2.55. The van der Waals surface area contributed by atoms with Crippen LogP contribution in [-0.4, -0.2) is 63.0 Å². The molecule has 0 radical (unpaired) electrons. The Balaban J connectivity index is 2.32. The maximum Gasteiger partial charge on any atom is 0.410 e. The van der Waals surface area contributed by atoms with E-state index in [1.807, 2.05) is 0 Å². The Hall–Kier alpha value is -1.35. The van der Waals surface area contributed by atoms with Gasteiger partial charge in [0.1, 0.15) is 5.60 Å². The second kappa shape index (κ2) is 6.18. The fraction of sp³-hybridized carbons (Fsp3) is 0.867. The molecule has 138 valence electrons. The molecule has 1 saturated carbocycles. The number of hydrogen-bond donors (Lipinski definition) is 0. The second-order valence-electron chi connectivity index (χ2n) is 7.39. The van der Waals surface area contributed by atoms with Crippen LogP contribution in [0.4, 0.5) is 4.79 Å². The predicted octanol–water partition coefficient (Wildman–Crippen LogP) is 1.15. The van der Waals surface area contributed by atoms with Crippen LogP contribution < -0.4 is 0 Å². The quantitative estimate of drug-likeness (QED) is 0.546. The summed E-state index contributed by atoms with van der Waals surface area (Å²) in [5, 5.41) is 0. The van der Waals surface area contributed by atoms with Crippen LogP contribution in [0.1, 0.15) is 33.6 Å². The number of carbonyl (C=O) groups is 2. The van der Waals surface area contributed by atoms with Gasteiger partial charge in [-0.3, -0.25) is 13.9 Å². The third-order valence-corrected chi connectivity index (χ3v) is 5.18. The molecule has 3 atom stereocenters. The minimum absolute atomic E-state index is 0.0177. The SMILES string of the molecule is COC(=O)[C@@H]1C[C@H]2CCN(C(=O)OC(C)(C)C)[C@]21COS(C)(=O)=O. The summed E-state index contributed by atoms with van der Waals surface area (Å²) in [6.07, 6.45) is 1.58. The van der Waals surface area contributed by atoms with E-state index in [0.717, 1.165) is 6.26 Å². The fourth-order valence-electron chi connectivity index (χ4n) is 3.60. The number of carbonyl (C=O) groups excluding carboxylic acids is 2. The lowest BCUT2D eigenvalue weighted by molar-refractivity contribution is -0.165. The van der Waals surface area contributed by atoms with Crippen molar-refractivity contribution in [3.8, 4) is 0 Å². The average Bonchev–Trinajstić information content (AvgIpc) is 2.67. The largest absolute Gasteiger partial charge is 0.469 e. The summed E-state index contributed by atoms with van der Waals surface area (Å²) in [6.45, 7) is 5.36. The summed E-state index contributed by atoms with van der Waals surface area (Å²) in [4.78, 5) is 26.1. The highest BCUT2D eigenvalue weighted by atomic mass is 32.2. The summed E-state index contributed by atoms with van der Waals surface area (Å²) >= 11 is 0. The van der Waals surface area contributed by atoms with E-state index in [9.17, 15) is 18.0 Å². The van der Waals surface area contributed by atoms with Crippen LogP contribution in [0.3, 0.4) is 0 Å². The zero-order valence-corrected chi connectivity index (χ0v) is 15.5. The molecule has 0 aromatic heterocycles. The summed E-state index contributed by atoms with van der Waals surface area (Å²) in [7, 11) is -2.44. The first kappa shape index (κ1) is 19.0. The van der Waals surface area contributed by atoms with Crippen molar-refractivity contribution in [1.29, 1.82) is 0 Å². The van der Waals surface area contributed by atoms with E-state index in [0.29, 0.717) is 19.4 Å². The number of ether oxygens (including phenoxy) is 2. The Morgan fingerprint density at radius 2 is 1.92 bits per heavy atom. The molecule has 1 aliphatic carbocycles. The molecule has 8 nitrogen and oxygen atoms in total. The molecule has 0 N–H and O–H groups in total. The first-order valence-electron chi connectivity index (χ1n) is 7.83. The number of likely N-dealkylation sites (tertiary alicyclic amines) is 1. The summed E-state index contributed by atoms with van der Waals surface area (Å²) in [5.41, 5.74) is -1.73. The van der Waals surface area contributed by atoms with Gasteiger partial charge in [0.15, 0.2) is 0 Å². The van der Waals surface area contributed by atoms with Crippen LogP contribution >= 0.6 is 0 Å². The zero-order valence-electron chi connectivity index (χ0n) is 14.7. The minimum Gasteiger partial charge on any atom is -0.469 e. The van der Waals surface area contributed by atoms with Crippen LogP contribution in [0, 0.1) is 11.8 Å². The maximum atomic E-state index is 12.6. The van der Waals surface area contributed by atoms with Crippen molar-refractivity contribution >= 4 is 22.2 Å². The van der Waals surface area contributed by atoms with E-state index in [-0.39, 0.29) is 12.5 Å². The van der Waals surface area contributed by atoms with Gasteiger partial charge in [-0.25, -0.2) is 4.79 Å². The molecule has 2 fully saturated rings. The van der Waals surface area contributed by atoms with Crippen molar-refractivity contribution in [3.63, 3.8) is 0 Å². The first-order chi connectivity index (χ1) is 10.9. The topological polar surface area (TPSA) is 99.2 Å². The standard InChI is InChI=1S/C15H25NO7S/c1-14(2,3)23-13(18)16-7-6-10-8-11(12(17)21-4)15(10,16)9-22-24(5,19)20/h10-11H,6-9H2,1-5H3/t10-,11+,15-/m1/s1.